The molecule has 0 atom stereocenters. The van der Waals surface area contributed by atoms with Gasteiger partial charge in [-0.2, -0.15) is 9.97 Å². The van der Waals surface area contributed by atoms with Crippen molar-refractivity contribution in [2.75, 3.05) is 11.9 Å². The van der Waals surface area contributed by atoms with Gasteiger partial charge in [0.05, 0.1) is 6.10 Å². The van der Waals surface area contributed by atoms with E-state index in [4.69, 9.17) is 9.47 Å². The van der Waals surface area contributed by atoms with Crippen LogP contribution in [0.3, 0.4) is 0 Å². The molecule has 1 N–H and O–H groups in total. The number of hydrogen-bond acceptors (Lipinski definition) is 6. The largest absolute Gasteiger partial charge is 0.461 e. The Morgan fingerprint density at radius 3 is 2.26 bits per heavy atom. The maximum atomic E-state index is 5.66. The fourth-order valence-corrected chi connectivity index (χ4v) is 1.24. The first-order valence-corrected chi connectivity index (χ1v) is 6.66. The third-order valence-electron chi connectivity index (χ3n) is 1.87. The highest BCUT2D eigenvalue weighted by atomic mass is 16.5. The Morgan fingerprint density at radius 2 is 1.74 bits per heavy atom. The first kappa shape index (κ1) is 15.5. The van der Waals surface area contributed by atoms with Crippen molar-refractivity contribution in [3.63, 3.8) is 0 Å². The number of nitrogens with one attached hydrogen (secondary N) is 1. The van der Waals surface area contributed by atoms with Crippen LogP contribution in [0.15, 0.2) is 0 Å². The molecule has 0 fully saturated rings. The van der Waals surface area contributed by atoms with E-state index in [2.05, 4.69) is 27.2 Å². The topological polar surface area (TPSA) is 69.2 Å². The van der Waals surface area contributed by atoms with Gasteiger partial charge in [0.1, 0.15) is 5.60 Å². The molecular weight excluding hydrogens is 244 g/mol. The molecule has 1 rings (SSSR count). The second kappa shape index (κ2) is 6.54. The Bertz CT molecular complexity index is 402. The molecule has 108 valence electrons. The average molecular weight is 268 g/mol. The summed E-state index contributed by atoms with van der Waals surface area (Å²) < 4.78 is 11.2. The first-order chi connectivity index (χ1) is 8.80. The summed E-state index contributed by atoms with van der Waals surface area (Å²) in [4.78, 5) is 12.6. The highest BCUT2D eigenvalue weighted by Gasteiger charge is 2.17. The van der Waals surface area contributed by atoms with Gasteiger partial charge in [-0.05, 0) is 41.0 Å². The van der Waals surface area contributed by atoms with E-state index in [9.17, 15) is 0 Å². The van der Waals surface area contributed by atoms with Crippen molar-refractivity contribution < 1.29 is 9.47 Å². The molecule has 0 saturated carbocycles. The summed E-state index contributed by atoms with van der Waals surface area (Å²) in [6.45, 7) is 12.5. The minimum absolute atomic E-state index is 0.00362. The van der Waals surface area contributed by atoms with E-state index < -0.39 is 0 Å². The van der Waals surface area contributed by atoms with Crippen molar-refractivity contribution >= 4 is 5.95 Å². The monoisotopic (exact) mass is 268 g/mol. The molecule has 0 bridgehead atoms. The number of rotatable bonds is 6. The quantitative estimate of drug-likeness (QED) is 0.855. The highest BCUT2D eigenvalue weighted by molar-refractivity contribution is 5.27. The smallest absolute Gasteiger partial charge is 0.324 e. The molecule has 0 aliphatic heterocycles. The Kier molecular flexibility index (Phi) is 5.32. The predicted octanol–water partition coefficient (Wildman–Crippen LogP) is 2.66. The number of hydrogen-bond donors (Lipinski definition) is 1. The van der Waals surface area contributed by atoms with Gasteiger partial charge in [0.25, 0.3) is 0 Å². The van der Waals surface area contributed by atoms with Crippen LogP contribution in [0.4, 0.5) is 5.95 Å². The van der Waals surface area contributed by atoms with Gasteiger partial charge in [-0.1, -0.05) is 6.92 Å². The van der Waals surface area contributed by atoms with Crippen molar-refractivity contribution in [1.82, 2.24) is 15.0 Å². The SMILES string of the molecule is CCCNc1nc(OC(C)C)nc(OC(C)(C)C)n1. The van der Waals surface area contributed by atoms with Crippen molar-refractivity contribution in [3.8, 4) is 12.0 Å². The van der Waals surface area contributed by atoms with Gasteiger partial charge in [0.2, 0.25) is 5.95 Å². The molecule has 6 nitrogen and oxygen atoms in total. The Balaban J connectivity index is 2.94. The van der Waals surface area contributed by atoms with E-state index in [0.29, 0.717) is 5.95 Å². The minimum Gasteiger partial charge on any atom is -0.461 e. The lowest BCUT2D eigenvalue weighted by Crippen LogP contribution is -2.25. The summed E-state index contributed by atoms with van der Waals surface area (Å²) in [5.74, 6) is 0.478. The zero-order valence-corrected chi connectivity index (χ0v) is 12.6. The number of anilines is 1. The molecule has 0 spiro atoms. The molecule has 0 aromatic carbocycles. The molecule has 1 aromatic rings. The maximum absolute atomic E-state index is 5.66. The average Bonchev–Trinajstić information content (AvgIpc) is 2.22. The standard InChI is InChI=1S/C13H24N4O2/c1-7-8-14-10-15-11(18-9(2)3)17-12(16-10)19-13(4,5)6/h9H,7-8H2,1-6H3,(H,14,15,16,17). The lowest BCUT2D eigenvalue weighted by atomic mass is 10.2. The van der Waals surface area contributed by atoms with E-state index in [-0.39, 0.29) is 23.7 Å². The summed E-state index contributed by atoms with van der Waals surface area (Å²) in [6, 6.07) is 0.555. The van der Waals surface area contributed by atoms with E-state index in [1.54, 1.807) is 0 Å². The summed E-state index contributed by atoms with van der Waals surface area (Å²) in [7, 11) is 0. The van der Waals surface area contributed by atoms with Gasteiger partial charge in [-0.15, -0.1) is 4.98 Å². The van der Waals surface area contributed by atoms with Crippen LogP contribution in [0, 0.1) is 0 Å². The molecule has 1 heterocycles. The molecule has 0 aliphatic rings. The molecule has 0 aliphatic carbocycles. The van der Waals surface area contributed by atoms with Crippen molar-refractivity contribution in [2.24, 2.45) is 0 Å². The second-order valence-corrected chi connectivity index (χ2v) is 5.53. The number of aromatic nitrogens is 3. The third kappa shape index (κ3) is 6.22. The lowest BCUT2D eigenvalue weighted by Gasteiger charge is -2.20. The van der Waals surface area contributed by atoms with Gasteiger partial charge in [-0.3, -0.25) is 0 Å². The Hall–Kier alpha value is -1.59. The summed E-state index contributed by atoms with van der Waals surface area (Å²) in [6.07, 6.45) is 0.991. The van der Waals surface area contributed by atoms with Gasteiger partial charge >= 0.3 is 12.0 Å². The maximum Gasteiger partial charge on any atom is 0.324 e. The first-order valence-electron chi connectivity index (χ1n) is 6.66. The molecule has 0 saturated heterocycles. The van der Waals surface area contributed by atoms with Crippen LogP contribution >= 0.6 is 0 Å². The third-order valence-corrected chi connectivity index (χ3v) is 1.87. The van der Waals surface area contributed by atoms with Crippen LogP contribution in [0.2, 0.25) is 0 Å². The van der Waals surface area contributed by atoms with E-state index in [1.165, 1.54) is 0 Å². The lowest BCUT2D eigenvalue weighted by molar-refractivity contribution is 0.113. The van der Waals surface area contributed by atoms with E-state index in [1.807, 2.05) is 34.6 Å². The van der Waals surface area contributed by atoms with Crippen molar-refractivity contribution in [1.29, 1.82) is 0 Å². The molecule has 19 heavy (non-hydrogen) atoms. The van der Waals surface area contributed by atoms with Gasteiger partial charge in [-0.25, -0.2) is 0 Å². The van der Waals surface area contributed by atoms with Crippen LogP contribution in [0.5, 0.6) is 12.0 Å². The Morgan fingerprint density at radius 1 is 1.11 bits per heavy atom. The molecule has 0 radical (unpaired) electrons. The molecule has 6 heteroatoms. The molecule has 0 amide bonds. The minimum atomic E-state index is -0.363. The van der Waals surface area contributed by atoms with Crippen LogP contribution in [-0.2, 0) is 0 Å². The number of ether oxygens (including phenoxy) is 2. The van der Waals surface area contributed by atoms with E-state index in [0.717, 1.165) is 13.0 Å². The van der Waals surface area contributed by atoms with Crippen molar-refractivity contribution in [2.45, 2.75) is 59.7 Å². The van der Waals surface area contributed by atoms with Crippen LogP contribution in [0.25, 0.3) is 0 Å². The second-order valence-electron chi connectivity index (χ2n) is 5.53. The zero-order chi connectivity index (χ0) is 14.5. The number of nitrogens with zero attached hydrogens (tertiary/aromatic N) is 3. The van der Waals surface area contributed by atoms with Crippen LogP contribution in [0.1, 0.15) is 48.0 Å². The molecule has 0 unspecified atom stereocenters. The fourth-order valence-electron chi connectivity index (χ4n) is 1.24. The summed E-state index contributed by atoms with van der Waals surface area (Å²) in [5, 5.41) is 3.11. The zero-order valence-electron chi connectivity index (χ0n) is 12.6. The van der Waals surface area contributed by atoms with E-state index >= 15 is 0 Å². The van der Waals surface area contributed by atoms with Crippen LogP contribution < -0.4 is 14.8 Å². The summed E-state index contributed by atoms with van der Waals surface area (Å²) >= 11 is 0. The normalized spacial score (nSPS) is 11.5. The van der Waals surface area contributed by atoms with Crippen molar-refractivity contribution in [3.05, 3.63) is 0 Å². The summed E-state index contributed by atoms with van der Waals surface area (Å²) in [5.41, 5.74) is -0.363. The molecular formula is C13H24N4O2. The Labute approximate surface area is 115 Å². The van der Waals surface area contributed by atoms with Gasteiger partial charge in [0.15, 0.2) is 0 Å². The predicted molar refractivity (Wildman–Crippen MR) is 74.8 cm³/mol. The van der Waals surface area contributed by atoms with Gasteiger partial charge < -0.3 is 14.8 Å². The molecule has 1 aromatic heterocycles. The van der Waals surface area contributed by atoms with Gasteiger partial charge in [0, 0.05) is 6.54 Å². The fraction of sp³-hybridized carbons (Fsp3) is 0.769. The highest BCUT2D eigenvalue weighted by Crippen LogP contribution is 2.18. The van der Waals surface area contributed by atoms with Crippen LogP contribution in [-0.4, -0.2) is 33.2 Å².